The molecule has 7 heteroatoms. The Kier molecular flexibility index (Phi) is 5.01. The molecule has 0 aromatic heterocycles. The van der Waals surface area contributed by atoms with Crippen molar-refractivity contribution in [3.05, 3.63) is 104 Å². The van der Waals surface area contributed by atoms with E-state index in [4.69, 9.17) is 26.3 Å². The molecule has 1 aromatic rings. The van der Waals surface area contributed by atoms with Gasteiger partial charge in [-0.1, -0.05) is 18.2 Å². The molecule has 0 bridgehead atoms. The maximum atomic E-state index is 14.5. The van der Waals surface area contributed by atoms with Gasteiger partial charge in [0.25, 0.3) is 11.4 Å². The molecule has 2 aliphatic carbocycles. The molecule has 0 N–H and O–H groups in total. The summed E-state index contributed by atoms with van der Waals surface area (Å²) in [7, 11) is 0. The van der Waals surface area contributed by atoms with Gasteiger partial charge in [0.15, 0.2) is 11.4 Å². The van der Waals surface area contributed by atoms with Crippen LogP contribution in [0.25, 0.3) is 30.5 Å². The first kappa shape index (κ1) is 19.8. The number of rotatable bonds is 0. The van der Waals surface area contributed by atoms with E-state index in [2.05, 4.69) is 19.4 Å². The Balaban J connectivity index is 2.61. The quantitative estimate of drug-likeness (QED) is 0.395. The van der Waals surface area contributed by atoms with Gasteiger partial charge < -0.3 is 0 Å². The molecule has 2 atom stereocenters. The van der Waals surface area contributed by atoms with Gasteiger partial charge >= 0.3 is 0 Å². The largest absolute Gasteiger partial charge is 0.266 e. The average molecular weight is 388 g/mol. The number of benzene rings is 1. The monoisotopic (exact) mass is 388 g/mol. The second-order valence-electron chi connectivity index (χ2n) is 6.50. The highest BCUT2D eigenvalue weighted by Crippen LogP contribution is 2.54. The molecule has 6 nitrogen and oxygen atoms in total. The van der Waals surface area contributed by atoms with Gasteiger partial charge in [-0.15, -0.1) is 0 Å². The first-order valence-electron chi connectivity index (χ1n) is 8.48. The van der Waals surface area contributed by atoms with Gasteiger partial charge in [0.05, 0.1) is 38.4 Å². The zero-order chi connectivity index (χ0) is 22.0. The lowest BCUT2D eigenvalue weighted by atomic mass is 9.66. The smallest absolute Gasteiger partial charge is 0.250 e. The second kappa shape index (κ2) is 7.58. The summed E-state index contributed by atoms with van der Waals surface area (Å²) >= 11 is 0. The van der Waals surface area contributed by atoms with E-state index in [9.17, 15) is 14.9 Å². The zero-order valence-electron chi connectivity index (χ0n) is 15.5. The minimum atomic E-state index is -0.803. The molecule has 0 heterocycles. The zero-order valence-corrected chi connectivity index (χ0v) is 15.5. The lowest BCUT2D eigenvalue weighted by Crippen LogP contribution is -2.25. The fourth-order valence-electron chi connectivity index (χ4n) is 3.79. The van der Waals surface area contributed by atoms with Crippen molar-refractivity contribution in [3.63, 3.8) is 0 Å². The van der Waals surface area contributed by atoms with Crippen LogP contribution in [-0.4, -0.2) is 0 Å². The standard InChI is InChI=1S/C23H9FN6/c1-12-6-13-14(7-17(12)24)23(21(11-26)30-5)16-9-19(28-3)18(27-2)8-15(16)22(13)20(10-25)29-4/h6-9,13-14H,1H3/b22-20-,23-21-. The van der Waals surface area contributed by atoms with Crippen LogP contribution in [0.2, 0.25) is 0 Å². The SMILES string of the molecule is [C-]#[N+]/C(C#N)=C1\c2cc([N+]#[C-])c([N+]#[C-])cc2/C(=C(/C#N)[N+]#[C-])C2C=C(F)C(C)=CC12. The van der Waals surface area contributed by atoms with Crippen molar-refractivity contribution >= 4 is 22.5 Å². The predicted molar refractivity (Wildman–Crippen MR) is 107 cm³/mol. The third kappa shape index (κ3) is 2.82. The lowest BCUT2D eigenvalue weighted by Gasteiger charge is -2.38. The Hall–Kier alpha value is -4.95. The normalized spacial score (nSPS) is 22.0. The first-order chi connectivity index (χ1) is 14.4. The van der Waals surface area contributed by atoms with Crippen molar-refractivity contribution in [3.8, 4) is 12.1 Å². The molecule has 0 saturated heterocycles. The van der Waals surface area contributed by atoms with Crippen LogP contribution in [0.15, 0.2) is 47.1 Å². The maximum Gasteiger partial charge on any atom is 0.266 e. The van der Waals surface area contributed by atoms with Crippen molar-refractivity contribution in [2.75, 3.05) is 0 Å². The number of hydrogen-bond acceptors (Lipinski definition) is 2. The van der Waals surface area contributed by atoms with Crippen LogP contribution in [0.5, 0.6) is 0 Å². The molecular weight excluding hydrogens is 379 g/mol. The van der Waals surface area contributed by atoms with E-state index in [0.717, 1.165) is 0 Å². The van der Waals surface area contributed by atoms with Crippen LogP contribution in [0, 0.1) is 60.8 Å². The molecule has 3 rings (SSSR count). The molecule has 138 valence electrons. The molecule has 0 fully saturated rings. The van der Waals surface area contributed by atoms with Gasteiger partial charge in [-0.25, -0.2) is 24.6 Å². The number of hydrogen-bond donors (Lipinski definition) is 0. The van der Waals surface area contributed by atoms with E-state index >= 15 is 0 Å². The van der Waals surface area contributed by atoms with Crippen molar-refractivity contribution in [2.45, 2.75) is 6.92 Å². The van der Waals surface area contributed by atoms with E-state index in [1.807, 2.05) is 12.1 Å². The fraction of sp³-hybridized carbons (Fsp3) is 0.130. The summed E-state index contributed by atoms with van der Waals surface area (Å²) in [4.78, 5) is 13.3. The van der Waals surface area contributed by atoms with Gasteiger partial charge in [0, 0.05) is 11.8 Å². The van der Waals surface area contributed by atoms with Gasteiger partial charge in [0.1, 0.15) is 5.83 Å². The van der Waals surface area contributed by atoms with Crippen molar-refractivity contribution < 1.29 is 4.39 Å². The molecule has 2 unspecified atom stereocenters. The highest BCUT2D eigenvalue weighted by atomic mass is 19.1. The maximum absolute atomic E-state index is 14.5. The van der Waals surface area contributed by atoms with Crippen LogP contribution < -0.4 is 0 Å². The molecule has 0 spiro atoms. The van der Waals surface area contributed by atoms with Crippen LogP contribution in [0.4, 0.5) is 15.8 Å². The third-order valence-corrected chi connectivity index (χ3v) is 5.07. The highest BCUT2D eigenvalue weighted by molar-refractivity contribution is 5.97. The molecule has 1 aromatic carbocycles. The summed E-state index contributed by atoms with van der Waals surface area (Å²) in [5.41, 5.74) is 0.979. The Bertz CT molecular complexity index is 1240. The van der Waals surface area contributed by atoms with Gasteiger partial charge in [-0.05, 0) is 40.8 Å². The second-order valence-corrected chi connectivity index (χ2v) is 6.50. The molecule has 2 aliphatic rings. The van der Waals surface area contributed by atoms with E-state index in [1.165, 1.54) is 18.2 Å². The van der Waals surface area contributed by atoms with Crippen LogP contribution in [0.3, 0.4) is 0 Å². The van der Waals surface area contributed by atoms with Crippen LogP contribution in [-0.2, 0) is 0 Å². The lowest BCUT2D eigenvalue weighted by molar-refractivity contribution is 0.586. The number of allylic oxidation sites excluding steroid dienone is 8. The highest BCUT2D eigenvalue weighted by Gasteiger charge is 2.40. The number of nitriles is 2. The van der Waals surface area contributed by atoms with Gasteiger partial charge in [0.2, 0.25) is 0 Å². The van der Waals surface area contributed by atoms with E-state index < -0.39 is 17.7 Å². The topological polar surface area (TPSA) is 65.0 Å². The summed E-state index contributed by atoms with van der Waals surface area (Å²) in [6.07, 6.45) is 2.85. The number of nitrogens with zero attached hydrogens (tertiary/aromatic N) is 6. The molecular formula is C23H9FN6. The van der Waals surface area contributed by atoms with Crippen molar-refractivity contribution in [1.82, 2.24) is 0 Å². The summed E-state index contributed by atoms with van der Waals surface area (Å²) in [5, 5.41) is 19.1. The Morgan fingerprint density at radius 1 is 0.867 bits per heavy atom. The van der Waals surface area contributed by atoms with Crippen molar-refractivity contribution in [2.24, 2.45) is 11.8 Å². The first-order valence-corrected chi connectivity index (χ1v) is 8.48. The average Bonchev–Trinajstić information content (AvgIpc) is 2.76. The third-order valence-electron chi connectivity index (χ3n) is 5.07. The van der Waals surface area contributed by atoms with E-state index in [-0.39, 0.29) is 33.9 Å². The van der Waals surface area contributed by atoms with Gasteiger partial charge in [-0.2, -0.15) is 0 Å². The molecule has 30 heavy (non-hydrogen) atoms. The number of fused-ring (bicyclic) bond motifs is 2. The van der Waals surface area contributed by atoms with Crippen LogP contribution >= 0.6 is 0 Å². The van der Waals surface area contributed by atoms with Crippen molar-refractivity contribution in [1.29, 1.82) is 10.5 Å². The fourth-order valence-corrected chi connectivity index (χ4v) is 3.79. The molecule has 0 saturated carbocycles. The minimum absolute atomic E-state index is 0.00891. The van der Waals surface area contributed by atoms with Crippen LogP contribution in [0.1, 0.15) is 18.1 Å². The van der Waals surface area contributed by atoms with E-state index in [0.29, 0.717) is 16.7 Å². The van der Waals surface area contributed by atoms with E-state index in [1.54, 1.807) is 13.0 Å². The summed E-state index contributed by atoms with van der Waals surface area (Å²) in [5.74, 6) is -2.00. The molecule has 0 aliphatic heterocycles. The molecule has 0 radical (unpaired) electrons. The van der Waals surface area contributed by atoms with Gasteiger partial charge in [-0.3, -0.25) is 9.69 Å². The summed E-state index contributed by atoms with van der Waals surface area (Å²) in [6.45, 7) is 31.1. The molecule has 0 amide bonds. The summed E-state index contributed by atoms with van der Waals surface area (Å²) < 4.78 is 14.5. The predicted octanol–water partition coefficient (Wildman–Crippen LogP) is 6.16. The summed E-state index contributed by atoms with van der Waals surface area (Å²) in [6, 6.07) is 6.47. The Labute approximate surface area is 172 Å². The number of halogens is 1. The Morgan fingerprint density at radius 3 is 1.67 bits per heavy atom. The minimum Gasteiger partial charge on any atom is -0.250 e. The Morgan fingerprint density at radius 2 is 1.30 bits per heavy atom.